The van der Waals surface area contributed by atoms with Crippen LogP contribution < -0.4 is 0 Å². The van der Waals surface area contributed by atoms with Crippen LogP contribution in [0, 0.1) is 6.92 Å². The van der Waals surface area contributed by atoms with E-state index in [1.165, 1.54) is 26.7 Å². The number of rotatable bonds is 3. The molecule has 2 aromatic rings. The Balaban J connectivity index is 2.33. The van der Waals surface area contributed by atoms with Crippen molar-refractivity contribution in [2.24, 2.45) is 0 Å². The Morgan fingerprint density at radius 1 is 1.00 bits per heavy atom. The van der Waals surface area contributed by atoms with Crippen LogP contribution in [-0.4, -0.2) is 0 Å². The van der Waals surface area contributed by atoms with E-state index < -0.39 is 0 Å². The quantitative estimate of drug-likeness (QED) is 0.655. The number of benzene rings is 2. The molecule has 0 atom stereocenters. The van der Waals surface area contributed by atoms with Crippen LogP contribution in [-0.2, 0) is 12.8 Å². The Bertz CT molecular complexity index is 559. The number of hydrogen-bond acceptors (Lipinski definition) is 0. The largest absolute Gasteiger partial charge is 0.0617 e. The number of halogens is 2. The van der Waals surface area contributed by atoms with Gasteiger partial charge in [0.1, 0.15) is 0 Å². The Morgan fingerprint density at radius 2 is 1.72 bits per heavy atom. The molecule has 0 spiro atoms. The molecule has 94 valence electrons. The van der Waals surface area contributed by atoms with E-state index in [2.05, 4.69) is 82.1 Å². The van der Waals surface area contributed by atoms with Crippen LogP contribution in [0.5, 0.6) is 0 Å². The molecule has 0 N–H and O–H groups in total. The van der Waals surface area contributed by atoms with Crippen LogP contribution in [0.3, 0.4) is 0 Å². The predicted molar refractivity (Wildman–Crippen MR) is 85.2 cm³/mol. The molecule has 0 aliphatic heterocycles. The third kappa shape index (κ3) is 3.24. The summed E-state index contributed by atoms with van der Waals surface area (Å²) in [5, 5.41) is 0. The van der Waals surface area contributed by atoms with Gasteiger partial charge in [0, 0.05) is 8.95 Å². The second kappa shape index (κ2) is 6.03. The highest BCUT2D eigenvalue weighted by atomic mass is 79.9. The predicted octanol–water partition coefficient (Wildman–Crippen LogP) is 5.67. The Kier molecular flexibility index (Phi) is 4.63. The van der Waals surface area contributed by atoms with E-state index >= 15 is 0 Å². The summed E-state index contributed by atoms with van der Waals surface area (Å²) in [6, 6.07) is 13.1. The molecule has 0 aliphatic rings. The number of aryl methyl sites for hydroxylation is 1. The van der Waals surface area contributed by atoms with Gasteiger partial charge in [-0.1, -0.05) is 63.0 Å². The van der Waals surface area contributed by atoms with Gasteiger partial charge in [-0.3, -0.25) is 0 Å². The Labute approximate surface area is 126 Å². The minimum atomic E-state index is 0.984. The van der Waals surface area contributed by atoms with Crippen LogP contribution >= 0.6 is 31.9 Å². The zero-order valence-corrected chi connectivity index (χ0v) is 13.8. The highest BCUT2D eigenvalue weighted by Crippen LogP contribution is 2.27. The van der Waals surface area contributed by atoms with Gasteiger partial charge in [-0.15, -0.1) is 0 Å². The molecular weight excluding hydrogens is 352 g/mol. The maximum absolute atomic E-state index is 3.61. The SMILES string of the molecule is CCc1cccc(Cc2cc(Br)cc(Br)c2C)c1. The van der Waals surface area contributed by atoms with Crippen molar-refractivity contribution in [3.8, 4) is 0 Å². The van der Waals surface area contributed by atoms with Crippen molar-refractivity contribution in [3.63, 3.8) is 0 Å². The normalized spacial score (nSPS) is 10.7. The molecule has 0 saturated heterocycles. The first kappa shape index (κ1) is 13.8. The van der Waals surface area contributed by atoms with Gasteiger partial charge in [-0.05, 0) is 54.2 Å². The molecule has 2 rings (SSSR count). The summed E-state index contributed by atoms with van der Waals surface area (Å²) in [5.41, 5.74) is 5.46. The van der Waals surface area contributed by atoms with Gasteiger partial charge in [-0.2, -0.15) is 0 Å². The van der Waals surface area contributed by atoms with Crippen molar-refractivity contribution in [1.29, 1.82) is 0 Å². The first-order chi connectivity index (χ1) is 8.60. The average Bonchev–Trinajstić information content (AvgIpc) is 2.35. The van der Waals surface area contributed by atoms with Crippen molar-refractivity contribution in [2.75, 3.05) is 0 Å². The summed E-state index contributed by atoms with van der Waals surface area (Å²) in [6.45, 7) is 4.36. The van der Waals surface area contributed by atoms with Crippen LogP contribution in [0.4, 0.5) is 0 Å². The molecule has 0 fully saturated rings. The van der Waals surface area contributed by atoms with E-state index in [0.717, 1.165) is 17.3 Å². The zero-order chi connectivity index (χ0) is 13.1. The molecule has 0 bridgehead atoms. The van der Waals surface area contributed by atoms with Crippen molar-refractivity contribution in [1.82, 2.24) is 0 Å². The van der Waals surface area contributed by atoms with Crippen LogP contribution in [0.25, 0.3) is 0 Å². The first-order valence-electron chi connectivity index (χ1n) is 6.12. The summed E-state index contributed by atoms with van der Waals surface area (Å²) < 4.78 is 2.29. The summed E-state index contributed by atoms with van der Waals surface area (Å²) in [5.74, 6) is 0. The van der Waals surface area contributed by atoms with Crippen molar-refractivity contribution in [3.05, 3.63) is 67.6 Å². The molecule has 0 unspecified atom stereocenters. The maximum atomic E-state index is 3.61. The molecular formula is C16H16Br2. The van der Waals surface area contributed by atoms with Crippen molar-refractivity contribution < 1.29 is 0 Å². The lowest BCUT2D eigenvalue weighted by Gasteiger charge is -2.10. The standard InChI is InChI=1S/C16H16Br2/c1-3-12-5-4-6-13(7-12)8-14-9-15(17)10-16(18)11(14)2/h4-7,9-10H,3,8H2,1-2H3. The summed E-state index contributed by atoms with van der Waals surface area (Å²) >= 11 is 7.17. The summed E-state index contributed by atoms with van der Waals surface area (Å²) in [7, 11) is 0. The fourth-order valence-electron chi connectivity index (χ4n) is 2.06. The van der Waals surface area contributed by atoms with Crippen LogP contribution in [0.2, 0.25) is 0 Å². The summed E-state index contributed by atoms with van der Waals surface area (Å²) in [4.78, 5) is 0. The first-order valence-corrected chi connectivity index (χ1v) is 7.71. The minimum absolute atomic E-state index is 0.984. The second-order valence-electron chi connectivity index (χ2n) is 4.52. The van der Waals surface area contributed by atoms with E-state index in [4.69, 9.17) is 0 Å². The lowest BCUT2D eigenvalue weighted by Crippen LogP contribution is -1.94. The van der Waals surface area contributed by atoms with Crippen LogP contribution in [0.1, 0.15) is 29.2 Å². The van der Waals surface area contributed by atoms with E-state index in [9.17, 15) is 0 Å². The minimum Gasteiger partial charge on any atom is -0.0617 e. The number of hydrogen-bond donors (Lipinski definition) is 0. The molecule has 0 aromatic heterocycles. The van der Waals surface area contributed by atoms with Gasteiger partial charge in [0.05, 0.1) is 0 Å². The Hall–Kier alpha value is -0.600. The average molecular weight is 368 g/mol. The third-order valence-corrected chi connectivity index (χ3v) is 4.49. The van der Waals surface area contributed by atoms with Gasteiger partial charge in [0.25, 0.3) is 0 Å². The molecule has 2 heteroatoms. The van der Waals surface area contributed by atoms with E-state index in [1.54, 1.807) is 0 Å². The Morgan fingerprint density at radius 3 is 2.44 bits per heavy atom. The molecule has 0 nitrogen and oxygen atoms in total. The van der Waals surface area contributed by atoms with Gasteiger partial charge >= 0.3 is 0 Å². The van der Waals surface area contributed by atoms with Gasteiger partial charge in [-0.25, -0.2) is 0 Å². The molecule has 0 radical (unpaired) electrons. The van der Waals surface area contributed by atoms with Gasteiger partial charge in [0.2, 0.25) is 0 Å². The molecule has 0 saturated carbocycles. The summed E-state index contributed by atoms with van der Waals surface area (Å²) in [6.07, 6.45) is 2.08. The van der Waals surface area contributed by atoms with Crippen LogP contribution in [0.15, 0.2) is 45.3 Å². The third-order valence-electron chi connectivity index (χ3n) is 3.21. The smallest absolute Gasteiger partial charge is 0.0218 e. The topological polar surface area (TPSA) is 0 Å². The lowest BCUT2D eigenvalue weighted by molar-refractivity contribution is 1.09. The van der Waals surface area contributed by atoms with Crippen molar-refractivity contribution in [2.45, 2.75) is 26.7 Å². The van der Waals surface area contributed by atoms with E-state index in [-0.39, 0.29) is 0 Å². The highest BCUT2D eigenvalue weighted by Gasteiger charge is 2.06. The molecule has 0 heterocycles. The second-order valence-corrected chi connectivity index (χ2v) is 6.29. The molecule has 18 heavy (non-hydrogen) atoms. The van der Waals surface area contributed by atoms with Gasteiger partial charge < -0.3 is 0 Å². The van der Waals surface area contributed by atoms with Gasteiger partial charge in [0.15, 0.2) is 0 Å². The maximum Gasteiger partial charge on any atom is 0.0218 e. The molecule has 0 amide bonds. The molecule has 0 aliphatic carbocycles. The lowest BCUT2D eigenvalue weighted by atomic mass is 9.99. The fourth-order valence-corrected chi connectivity index (χ4v) is 3.38. The highest BCUT2D eigenvalue weighted by molar-refractivity contribution is 9.11. The molecule has 2 aromatic carbocycles. The zero-order valence-electron chi connectivity index (χ0n) is 10.6. The monoisotopic (exact) mass is 366 g/mol. The van der Waals surface area contributed by atoms with E-state index in [1.807, 2.05) is 0 Å². The fraction of sp³-hybridized carbons (Fsp3) is 0.250. The van der Waals surface area contributed by atoms with E-state index in [0.29, 0.717) is 0 Å². The van der Waals surface area contributed by atoms with Crippen molar-refractivity contribution >= 4 is 31.9 Å².